The first-order chi connectivity index (χ1) is 13.3. The minimum atomic E-state index is 0.0258. The normalized spacial score (nSPS) is 27.8. The SMILES string of the molecule is O=C(CN1CCCCC1)N1CCO[C@@H](CN2CCCC2)[C@@H]1c1ccccc1. The van der Waals surface area contributed by atoms with E-state index < -0.39 is 0 Å². The van der Waals surface area contributed by atoms with Crippen LogP contribution < -0.4 is 0 Å². The summed E-state index contributed by atoms with van der Waals surface area (Å²) in [5, 5.41) is 0. The predicted octanol–water partition coefficient (Wildman–Crippen LogP) is 2.54. The second-order valence-electron chi connectivity index (χ2n) is 8.20. The molecule has 0 saturated carbocycles. The number of hydrogen-bond donors (Lipinski definition) is 0. The lowest BCUT2D eigenvalue weighted by atomic mass is 9.97. The van der Waals surface area contributed by atoms with E-state index in [9.17, 15) is 4.79 Å². The number of piperidine rings is 1. The van der Waals surface area contributed by atoms with Crippen molar-refractivity contribution in [3.63, 3.8) is 0 Å². The molecule has 0 spiro atoms. The molecule has 1 amide bonds. The number of amides is 1. The molecule has 3 fully saturated rings. The van der Waals surface area contributed by atoms with Crippen LogP contribution in [0.4, 0.5) is 0 Å². The molecule has 2 atom stereocenters. The summed E-state index contributed by atoms with van der Waals surface area (Å²) in [4.78, 5) is 20.2. The molecule has 0 aliphatic carbocycles. The van der Waals surface area contributed by atoms with Crippen LogP contribution in [0.5, 0.6) is 0 Å². The molecule has 148 valence electrons. The van der Waals surface area contributed by atoms with Gasteiger partial charge in [0.25, 0.3) is 0 Å². The van der Waals surface area contributed by atoms with Crippen LogP contribution in [0.2, 0.25) is 0 Å². The number of likely N-dealkylation sites (tertiary alicyclic amines) is 2. The third-order valence-corrected chi connectivity index (χ3v) is 6.26. The summed E-state index contributed by atoms with van der Waals surface area (Å²) >= 11 is 0. The topological polar surface area (TPSA) is 36.0 Å². The van der Waals surface area contributed by atoms with Gasteiger partial charge in [0.2, 0.25) is 5.91 Å². The van der Waals surface area contributed by atoms with E-state index in [0.29, 0.717) is 19.7 Å². The number of rotatable bonds is 5. The molecule has 4 rings (SSSR count). The Morgan fingerprint density at radius 3 is 2.30 bits per heavy atom. The minimum Gasteiger partial charge on any atom is -0.373 e. The van der Waals surface area contributed by atoms with E-state index in [2.05, 4.69) is 39.0 Å². The Hall–Kier alpha value is -1.43. The van der Waals surface area contributed by atoms with Gasteiger partial charge in [-0.2, -0.15) is 0 Å². The molecule has 0 unspecified atom stereocenters. The van der Waals surface area contributed by atoms with Crippen molar-refractivity contribution < 1.29 is 9.53 Å². The van der Waals surface area contributed by atoms with Gasteiger partial charge in [-0.15, -0.1) is 0 Å². The number of carbonyl (C=O) groups is 1. The molecule has 27 heavy (non-hydrogen) atoms. The van der Waals surface area contributed by atoms with Crippen molar-refractivity contribution in [3.05, 3.63) is 35.9 Å². The molecule has 1 aromatic rings. The summed E-state index contributed by atoms with van der Waals surface area (Å²) < 4.78 is 6.23. The van der Waals surface area contributed by atoms with Crippen LogP contribution in [0.25, 0.3) is 0 Å². The van der Waals surface area contributed by atoms with Crippen molar-refractivity contribution in [2.75, 3.05) is 52.4 Å². The van der Waals surface area contributed by atoms with E-state index in [1.807, 2.05) is 6.07 Å². The van der Waals surface area contributed by atoms with Crippen LogP contribution in [0.1, 0.15) is 43.7 Å². The molecule has 0 bridgehead atoms. The lowest BCUT2D eigenvalue weighted by Crippen LogP contribution is -2.53. The zero-order valence-electron chi connectivity index (χ0n) is 16.4. The standard InChI is InChI=1S/C22H33N3O2/c26-21(18-24-11-5-2-6-12-24)25-15-16-27-20(17-23-13-7-8-14-23)22(25)19-9-3-1-4-10-19/h1,3-4,9-10,20,22H,2,5-8,11-18H2/t20-,22-/m0/s1. The minimum absolute atomic E-state index is 0.0258. The number of morpholine rings is 1. The van der Waals surface area contributed by atoms with Gasteiger partial charge in [-0.3, -0.25) is 9.69 Å². The number of benzene rings is 1. The van der Waals surface area contributed by atoms with E-state index in [-0.39, 0.29) is 18.1 Å². The van der Waals surface area contributed by atoms with Gasteiger partial charge in [0.1, 0.15) is 0 Å². The number of carbonyl (C=O) groups excluding carboxylic acids is 1. The second kappa shape index (κ2) is 9.18. The van der Waals surface area contributed by atoms with Gasteiger partial charge >= 0.3 is 0 Å². The van der Waals surface area contributed by atoms with Gasteiger partial charge in [0.05, 0.1) is 25.3 Å². The molecule has 0 aromatic heterocycles. The van der Waals surface area contributed by atoms with Gasteiger partial charge in [-0.05, 0) is 57.4 Å². The highest BCUT2D eigenvalue weighted by Crippen LogP contribution is 2.31. The van der Waals surface area contributed by atoms with Crippen LogP contribution in [-0.4, -0.2) is 79.1 Å². The summed E-state index contributed by atoms with van der Waals surface area (Å²) in [7, 11) is 0. The zero-order valence-corrected chi connectivity index (χ0v) is 16.4. The number of hydrogen-bond acceptors (Lipinski definition) is 4. The average molecular weight is 372 g/mol. The zero-order chi connectivity index (χ0) is 18.5. The van der Waals surface area contributed by atoms with Crippen LogP contribution in [-0.2, 0) is 9.53 Å². The van der Waals surface area contributed by atoms with E-state index in [4.69, 9.17) is 4.74 Å². The highest BCUT2D eigenvalue weighted by atomic mass is 16.5. The average Bonchev–Trinajstić information content (AvgIpc) is 3.22. The lowest BCUT2D eigenvalue weighted by Gasteiger charge is -2.43. The van der Waals surface area contributed by atoms with Crippen LogP contribution in [0, 0.1) is 0 Å². The van der Waals surface area contributed by atoms with Crippen molar-refractivity contribution in [1.82, 2.24) is 14.7 Å². The first-order valence-electron chi connectivity index (χ1n) is 10.7. The number of ether oxygens (including phenoxy) is 1. The summed E-state index contributed by atoms with van der Waals surface area (Å²) in [5.41, 5.74) is 1.20. The van der Waals surface area contributed by atoms with E-state index in [1.54, 1.807) is 0 Å². The predicted molar refractivity (Wildman–Crippen MR) is 107 cm³/mol. The van der Waals surface area contributed by atoms with E-state index in [1.165, 1.54) is 37.7 Å². The maximum absolute atomic E-state index is 13.2. The van der Waals surface area contributed by atoms with Crippen LogP contribution in [0.3, 0.4) is 0 Å². The highest BCUT2D eigenvalue weighted by molar-refractivity contribution is 5.79. The molecule has 5 heteroatoms. The summed E-state index contributed by atoms with van der Waals surface area (Å²) in [6.45, 7) is 7.25. The Morgan fingerprint density at radius 1 is 0.889 bits per heavy atom. The Kier molecular flexibility index (Phi) is 6.43. The molecule has 3 aliphatic heterocycles. The second-order valence-corrected chi connectivity index (χ2v) is 8.20. The highest BCUT2D eigenvalue weighted by Gasteiger charge is 2.37. The lowest BCUT2D eigenvalue weighted by molar-refractivity contribution is -0.149. The van der Waals surface area contributed by atoms with Crippen LogP contribution >= 0.6 is 0 Å². The molecular formula is C22H33N3O2. The molecule has 3 saturated heterocycles. The largest absolute Gasteiger partial charge is 0.373 e. The first-order valence-corrected chi connectivity index (χ1v) is 10.7. The van der Waals surface area contributed by atoms with Crippen molar-refractivity contribution >= 4 is 5.91 Å². The van der Waals surface area contributed by atoms with Crippen molar-refractivity contribution in [2.24, 2.45) is 0 Å². The fraction of sp³-hybridized carbons (Fsp3) is 0.682. The molecule has 0 N–H and O–H groups in total. The molecule has 3 aliphatic rings. The van der Waals surface area contributed by atoms with Gasteiger partial charge < -0.3 is 14.5 Å². The van der Waals surface area contributed by atoms with Gasteiger partial charge in [0, 0.05) is 13.1 Å². The Balaban J connectivity index is 1.51. The Morgan fingerprint density at radius 2 is 1.56 bits per heavy atom. The quantitative estimate of drug-likeness (QED) is 0.797. The summed E-state index contributed by atoms with van der Waals surface area (Å²) in [6, 6.07) is 10.5. The van der Waals surface area contributed by atoms with Gasteiger partial charge in [-0.25, -0.2) is 0 Å². The van der Waals surface area contributed by atoms with Crippen LogP contribution in [0.15, 0.2) is 30.3 Å². The molecule has 3 heterocycles. The van der Waals surface area contributed by atoms with E-state index in [0.717, 1.165) is 32.7 Å². The van der Waals surface area contributed by atoms with Crippen molar-refractivity contribution in [3.8, 4) is 0 Å². The molecule has 0 radical (unpaired) electrons. The summed E-state index contributed by atoms with van der Waals surface area (Å²) in [5.74, 6) is 0.264. The first kappa shape index (κ1) is 18.9. The third-order valence-electron chi connectivity index (χ3n) is 6.26. The van der Waals surface area contributed by atoms with Gasteiger partial charge in [0.15, 0.2) is 0 Å². The molecular weight excluding hydrogens is 338 g/mol. The maximum Gasteiger partial charge on any atom is 0.237 e. The van der Waals surface area contributed by atoms with Crippen molar-refractivity contribution in [2.45, 2.75) is 44.2 Å². The molecule has 5 nitrogen and oxygen atoms in total. The summed E-state index contributed by atoms with van der Waals surface area (Å²) in [6.07, 6.45) is 6.35. The monoisotopic (exact) mass is 371 g/mol. The fourth-order valence-electron chi connectivity index (χ4n) is 4.83. The third kappa shape index (κ3) is 4.71. The van der Waals surface area contributed by atoms with Gasteiger partial charge in [-0.1, -0.05) is 36.8 Å². The van der Waals surface area contributed by atoms with Crippen molar-refractivity contribution in [1.29, 1.82) is 0 Å². The fourth-order valence-corrected chi connectivity index (χ4v) is 4.83. The Labute approximate surface area is 163 Å². The Bertz CT molecular complexity index is 597. The molecule has 1 aromatic carbocycles. The van der Waals surface area contributed by atoms with E-state index >= 15 is 0 Å². The smallest absolute Gasteiger partial charge is 0.237 e. The number of nitrogens with zero attached hydrogens (tertiary/aromatic N) is 3. The maximum atomic E-state index is 13.2.